The maximum Gasteiger partial charge on any atom is 0.325 e. The molecule has 5 nitrogen and oxygen atoms in total. The van der Waals surface area contributed by atoms with Crippen LogP contribution in [0.2, 0.25) is 0 Å². The molecule has 1 atom stereocenters. The lowest BCUT2D eigenvalue weighted by molar-refractivity contribution is -0.144. The molecule has 0 aliphatic heterocycles. The van der Waals surface area contributed by atoms with Gasteiger partial charge in [-0.2, -0.15) is 5.10 Å². The molecule has 5 heteroatoms. The molecule has 0 aliphatic carbocycles. The molecule has 1 unspecified atom stereocenters. The molecule has 90 valence electrons. The first-order valence-corrected chi connectivity index (χ1v) is 5.51. The van der Waals surface area contributed by atoms with E-state index in [0.717, 1.165) is 12.0 Å². The molecule has 0 radical (unpaired) electrons. The highest BCUT2D eigenvalue weighted by Crippen LogP contribution is 2.09. The number of carboxylic acid groups (broad SMARTS) is 1. The normalized spacial score (nSPS) is 14.7. The first-order valence-electron chi connectivity index (χ1n) is 5.51. The number of aryl methyl sites for hydroxylation is 1. The number of carbonyl (C=O) groups is 1. The molecular weight excluding hydrogens is 206 g/mol. The summed E-state index contributed by atoms with van der Waals surface area (Å²) in [7, 11) is 0. The molecule has 2 N–H and O–H groups in total. The number of rotatable bonds is 6. The van der Waals surface area contributed by atoms with Crippen LogP contribution >= 0.6 is 0 Å². The van der Waals surface area contributed by atoms with Crippen LogP contribution in [-0.2, 0) is 17.8 Å². The van der Waals surface area contributed by atoms with Gasteiger partial charge in [0.2, 0.25) is 0 Å². The molecule has 0 saturated heterocycles. The lowest BCUT2D eigenvalue weighted by Crippen LogP contribution is -2.52. The molecule has 16 heavy (non-hydrogen) atoms. The van der Waals surface area contributed by atoms with E-state index in [1.165, 1.54) is 0 Å². The first-order chi connectivity index (χ1) is 7.51. The quantitative estimate of drug-likeness (QED) is 0.754. The molecule has 0 fully saturated rings. The Kier molecular flexibility index (Phi) is 4.06. The highest BCUT2D eigenvalue weighted by Gasteiger charge is 2.32. The van der Waals surface area contributed by atoms with Crippen LogP contribution in [0.3, 0.4) is 0 Å². The fourth-order valence-electron chi connectivity index (χ4n) is 1.59. The standard InChI is InChI=1S/C11H19N3O2/c1-4-9-6-13-14(7-9)8-11(3,10(15)16)12-5-2/h6-7,12H,4-5,8H2,1-3H3,(H,15,16). The number of hydrogen-bond acceptors (Lipinski definition) is 3. The second-order valence-corrected chi connectivity index (χ2v) is 4.07. The van der Waals surface area contributed by atoms with Crippen molar-refractivity contribution < 1.29 is 9.90 Å². The molecule has 0 bridgehead atoms. The van der Waals surface area contributed by atoms with Gasteiger partial charge < -0.3 is 10.4 Å². The van der Waals surface area contributed by atoms with Gasteiger partial charge in [0, 0.05) is 6.20 Å². The topological polar surface area (TPSA) is 67.2 Å². The van der Waals surface area contributed by atoms with Gasteiger partial charge in [0.05, 0.1) is 12.7 Å². The first kappa shape index (κ1) is 12.7. The Morgan fingerprint density at radius 3 is 2.75 bits per heavy atom. The van der Waals surface area contributed by atoms with E-state index in [4.69, 9.17) is 0 Å². The van der Waals surface area contributed by atoms with Crippen molar-refractivity contribution in [2.45, 2.75) is 39.3 Å². The molecule has 1 rings (SSSR count). The van der Waals surface area contributed by atoms with Gasteiger partial charge in [0.1, 0.15) is 5.54 Å². The van der Waals surface area contributed by atoms with Gasteiger partial charge in [-0.3, -0.25) is 9.48 Å². The van der Waals surface area contributed by atoms with Crippen LogP contribution in [-0.4, -0.2) is 32.9 Å². The predicted octanol–water partition coefficient (Wildman–Crippen LogP) is 0.898. The molecule has 0 saturated carbocycles. The van der Waals surface area contributed by atoms with E-state index in [0.29, 0.717) is 13.1 Å². The summed E-state index contributed by atoms with van der Waals surface area (Å²) >= 11 is 0. The Bertz CT molecular complexity index is 362. The number of nitrogens with zero attached hydrogens (tertiary/aromatic N) is 2. The van der Waals surface area contributed by atoms with Crippen molar-refractivity contribution in [2.24, 2.45) is 0 Å². The summed E-state index contributed by atoms with van der Waals surface area (Å²) in [4.78, 5) is 11.2. The van der Waals surface area contributed by atoms with Crippen molar-refractivity contribution in [3.63, 3.8) is 0 Å². The monoisotopic (exact) mass is 225 g/mol. The third kappa shape index (κ3) is 2.82. The zero-order chi connectivity index (χ0) is 12.2. The summed E-state index contributed by atoms with van der Waals surface area (Å²) in [5, 5.41) is 16.3. The Hall–Kier alpha value is -1.36. The Balaban J connectivity index is 2.79. The Labute approximate surface area is 95.5 Å². The molecule has 0 spiro atoms. The third-order valence-electron chi connectivity index (χ3n) is 2.61. The van der Waals surface area contributed by atoms with E-state index >= 15 is 0 Å². The van der Waals surface area contributed by atoms with E-state index in [-0.39, 0.29) is 0 Å². The number of carboxylic acids is 1. The molecule has 0 aliphatic rings. The smallest absolute Gasteiger partial charge is 0.325 e. The number of nitrogens with one attached hydrogen (secondary N) is 1. The zero-order valence-electron chi connectivity index (χ0n) is 10.0. The lowest BCUT2D eigenvalue weighted by atomic mass is 10.0. The fraction of sp³-hybridized carbons (Fsp3) is 0.636. The van der Waals surface area contributed by atoms with Crippen molar-refractivity contribution in [2.75, 3.05) is 6.54 Å². The zero-order valence-corrected chi connectivity index (χ0v) is 10.0. The Morgan fingerprint density at radius 2 is 2.31 bits per heavy atom. The van der Waals surface area contributed by atoms with E-state index in [1.807, 2.05) is 20.0 Å². The minimum absolute atomic E-state index is 0.330. The SMILES string of the molecule is CCNC(C)(Cn1cc(CC)cn1)C(=O)O. The van der Waals surface area contributed by atoms with E-state index in [2.05, 4.69) is 10.4 Å². The number of aromatic nitrogens is 2. The van der Waals surface area contributed by atoms with Crippen molar-refractivity contribution in [3.05, 3.63) is 18.0 Å². The minimum Gasteiger partial charge on any atom is -0.480 e. The van der Waals surface area contributed by atoms with Crippen LogP contribution in [0.4, 0.5) is 0 Å². The Morgan fingerprint density at radius 1 is 1.62 bits per heavy atom. The van der Waals surface area contributed by atoms with E-state index in [1.54, 1.807) is 17.8 Å². The number of aliphatic carboxylic acids is 1. The van der Waals surface area contributed by atoms with Gasteiger partial charge in [-0.1, -0.05) is 13.8 Å². The highest BCUT2D eigenvalue weighted by molar-refractivity contribution is 5.78. The van der Waals surface area contributed by atoms with Gasteiger partial charge in [-0.05, 0) is 25.5 Å². The van der Waals surface area contributed by atoms with Crippen LogP contribution in [0.15, 0.2) is 12.4 Å². The maximum absolute atomic E-state index is 11.2. The number of hydrogen-bond donors (Lipinski definition) is 2. The summed E-state index contributed by atoms with van der Waals surface area (Å²) in [6.07, 6.45) is 4.57. The molecular formula is C11H19N3O2. The van der Waals surface area contributed by atoms with Gasteiger partial charge >= 0.3 is 5.97 Å². The minimum atomic E-state index is -0.966. The average molecular weight is 225 g/mol. The third-order valence-corrected chi connectivity index (χ3v) is 2.61. The summed E-state index contributed by atoms with van der Waals surface area (Å²) in [6, 6.07) is 0. The molecule has 0 amide bonds. The van der Waals surface area contributed by atoms with Crippen LogP contribution in [0.25, 0.3) is 0 Å². The molecule has 1 aromatic heterocycles. The molecule has 1 heterocycles. The predicted molar refractivity (Wildman–Crippen MR) is 61.3 cm³/mol. The fourth-order valence-corrected chi connectivity index (χ4v) is 1.59. The van der Waals surface area contributed by atoms with Crippen molar-refractivity contribution in [1.29, 1.82) is 0 Å². The molecule has 0 aromatic carbocycles. The van der Waals surface area contributed by atoms with Crippen molar-refractivity contribution in [1.82, 2.24) is 15.1 Å². The van der Waals surface area contributed by atoms with Gasteiger partial charge in [-0.15, -0.1) is 0 Å². The summed E-state index contributed by atoms with van der Waals surface area (Å²) in [5.41, 5.74) is 0.149. The summed E-state index contributed by atoms with van der Waals surface area (Å²) in [5.74, 6) is -0.858. The second-order valence-electron chi connectivity index (χ2n) is 4.07. The van der Waals surface area contributed by atoms with Gasteiger partial charge in [0.15, 0.2) is 0 Å². The van der Waals surface area contributed by atoms with Crippen molar-refractivity contribution in [3.8, 4) is 0 Å². The number of likely N-dealkylation sites (N-methyl/N-ethyl adjacent to an activating group) is 1. The van der Waals surface area contributed by atoms with Gasteiger partial charge in [0.25, 0.3) is 0 Å². The van der Waals surface area contributed by atoms with E-state index in [9.17, 15) is 9.90 Å². The largest absolute Gasteiger partial charge is 0.480 e. The van der Waals surface area contributed by atoms with Gasteiger partial charge in [-0.25, -0.2) is 0 Å². The maximum atomic E-state index is 11.2. The van der Waals surface area contributed by atoms with Crippen LogP contribution in [0, 0.1) is 0 Å². The van der Waals surface area contributed by atoms with E-state index < -0.39 is 11.5 Å². The van der Waals surface area contributed by atoms with Crippen LogP contribution in [0.1, 0.15) is 26.3 Å². The van der Waals surface area contributed by atoms with Crippen LogP contribution in [0.5, 0.6) is 0 Å². The second kappa shape index (κ2) is 5.12. The van der Waals surface area contributed by atoms with Crippen LogP contribution < -0.4 is 5.32 Å². The molecule has 1 aromatic rings. The highest BCUT2D eigenvalue weighted by atomic mass is 16.4. The summed E-state index contributed by atoms with van der Waals surface area (Å²) in [6.45, 7) is 6.55. The average Bonchev–Trinajstić information content (AvgIpc) is 2.65. The summed E-state index contributed by atoms with van der Waals surface area (Å²) < 4.78 is 1.68. The lowest BCUT2D eigenvalue weighted by Gasteiger charge is -2.25. The van der Waals surface area contributed by atoms with Crippen molar-refractivity contribution >= 4 is 5.97 Å².